The maximum absolute atomic E-state index is 13.6. The van der Waals surface area contributed by atoms with Crippen LogP contribution in [-0.4, -0.2) is 6.04 Å². The smallest absolute Gasteiger partial charge is 0.129 e. The van der Waals surface area contributed by atoms with Crippen molar-refractivity contribution in [1.29, 1.82) is 0 Å². The van der Waals surface area contributed by atoms with Gasteiger partial charge in [0.05, 0.1) is 0 Å². The molecule has 18 heavy (non-hydrogen) atoms. The maximum atomic E-state index is 13.6. The average Bonchev–Trinajstić information content (AvgIpc) is 2.38. The number of nitrogens with one attached hydrogen (secondary N) is 1. The zero-order valence-electron chi connectivity index (χ0n) is 10.9. The summed E-state index contributed by atoms with van der Waals surface area (Å²) in [5, 5.41) is 3.92. The van der Waals surface area contributed by atoms with Gasteiger partial charge in [-0.25, -0.2) is 4.39 Å². The van der Waals surface area contributed by atoms with Crippen LogP contribution in [0.3, 0.4) is 0 Å². The van der Waals surface area contributed by atoms with E-state index in [9.17, 15) is 4.39 Å². The van der Waals surface area contributed by atoms with Crippen molar-refractivity contribution in [3.63, 3.8) is 0 Å². The molecule has 0 spiro atoms. The summed E-state index contributed by atoms with van der Waals surface area (Å²) in [6.45, 7) is 2.87. The SMILES string of the molecule is CCC1CCC(NCc2ccc(Cl)cc2F)CC1. The van der Waals surface area contributed by atoms with Crippen LogP contribution in [0.5, 0.6) is 0 Å². The molecule has 0 saturated heterocycles. The monoisotopic (exact) mass is 269 g/mol. The van der Waals surface area contributed by atoms with Gasteiger partial charge in [0, 0.05) is 23.2 Å². The van der Waals surface area contributed by atoms with E-state index in [1.807, 2.05) is 0 Å². The summed E-state index contributed by atoms with van der Waals surface area (Å²) in [5.41, 5.74) is 0.706. The quantitative estimate of drug-likeness (QED) is 0.846. The second kappa shape index (κ2) is 6.53. The van der Waals surface area contributed by atoms with Crippen LogP contribution >= 0.6 is 11.6 Å². The molecule has 0 aliphatic heterocycles. The Bertz CT molecular complexity index is 386. The van der Waals surface area contributed by atoms with Crippen molar-refractivity contribution < 1.29 is 4.39 Å². The van der Waals surface area contributed by atoms with Gasteiger partial charge in [0.25, 0.3) is 0 Å². The Balaban J connectivity index is 1.81. The second-order valence-corrected chi connectivity index (χ2v) is 5.68. The molecule has 0 aromatic heterocycles. The molecule has 1 aromatic carbocycles. The second-order valence-electron chi connectivity index (χ2n) is 5.24. The molecule has 0 unspecified atom stereocenters. The van der Waals surface area contributed by atoms with E-state index in [0.29, 0.717) is 23.2 Å². The lowest BCUT2D eigenvalue weighted by atomic mass is 9.84. The third-order valence-electron chi connectivity index (χ3n) is 4.02. The van der Waals surface area contributed by atoms with E-state index in [0.717, 1.165) is 5.92 Å². The average molecular weight is 270 g/mol. The summed E-state index contributed by atoms with van der Waals surface area (Å²) in [7, 11) is 0. The summed E-state index contributed by atoms with van der Waals surface area (Å²) < 4.78 is 13.6. The minimum absolute atomic E-state index is 0.211. The lowest BCUT2D eigenvalue weighted by Gasteiger charge is -2.28. The van der Waals surface area contributed by atoms with Crippen molar-refractivity contribution in [2.24, 2.45) is 5.92 Å². The van der Waals surface area contributed by atoms with E-state index in [1.165, 1.54) is 38.2 Å². The number of halogens is 2. The Hall–Kier alpha value is -0.600. The minimum atomic E-state index is -0.211. The van der Waals surface area contributed by atoms with Crippen LogP contribution in [0.1, 0.15) is 44.6 Å². The van der Waals surface area contributed by atoms with Crippen LogP contribution in [0.25, 0.3) is 0 Å². The molecular formula is C15H21ClFN. The maximum Gasteiger partial charge on any atom is 0.129 e. The highest BCUT2D eigenvalue weighted by molar-refractivity contribution is 6.30. The van der Waals surface area contributed by atoms with Gasteiger partial charge < -0.3 is 5.32 Å². The number of hydrogen-bond donors (Lipinski definition) is 1. The first-order valence-corrected chi connectivity index (χ1v) is 7.24. The molecule has 0 heterocycles. The van der Waals surface area contributed by atoms with E-state index >= 15 is 0 Å². The van der Waals surface area contributed by atoms with Gasteiger partial charge in [-0.05, 0) is 43.7 Å². The first-order chi connectivity index (χ1) is 8.69. The fourth-order valence-electron chi connectivity index (χ4n) is 2.69. The fraction of sp³-hybridized carbons (Fsp3) is 0.600. The number of rotatable bonds is 4. The largest absolute Gasteiger partial charge is 0.310 e. The number of hydrogen-bond acceptors (Lipinski definition) is 1. The third-order valence-corrected chi connectivity index (χ3v) is 4.26. The highest BCUT2D eigenvalue weighted by Gasteiger charge is 2.19. The van der Waals surface area contributed by atoms with Gasteiger partial charge in [0.2, 0.25) is 0 Å². The Morgan fingerprint density at radius 2 is 2.00 bits per heavy atom. The van der Waals surface area contributed by atoms with Crippen molar-refractivity contribution in [3.05, 3.63) is 34.6 Å². The highest BCUT2D eigenvalue weighted by Crippen LogP contribution is 2.26. The molecule has 0 bridgehead atoms. The zero-order chi connectivity index (χ0) is 13.0. The molecule has 100 valence electrons. The van der Waals surface area contributed by atoms with Crippen LogP contribution in [0.15, 0.2) is 18.2 Å². The Morgan fingerprint density at radius 3 is 2.61 bits per heavy atom. The van der Waals surface area contributed by atoms with Gasteiger partial charge in [-0.1, -0.05) is 31.0 Å². The standard InChI is InChI=1S/C15H21ClFN/c1-2-11-3-7-14(8-4-11)18-10-12-5-6-13(16)9-15(12)17/h5-6,9,11,14,18H,2-4,7-8,10H2,1H3. The predicted molar refractivity (Wildman–Crippen MR) is 74.3 cm³/mol. The Labute approximate surface area is 114 Å². The van der Waals surface area contributed by atoms with E-state index in [1.54, 1.807) is 12.1 Å². The van der Waals surface area contributed by atoms with E-state index in [2.05, 4.69) is 12.2 Å². The first kappa shape index (κ1) is 13.8. The first-order valence-electron chi connectivity index (χ1n) is 6.86. The zero-order valence-corrected chi connectivity index (χ0v) is 11.6. The summed E-state index contributed by atoms with van der Waals surface area (Å²) >= 11 is 5.74. The lowest BCUT2D eigenvalue weighted by Crippen LogP contribution is -2.32. The molecule has 0 amide bonds. The van der Waals surface area contributed by atoms with Crippen molar-refractivity contribution in [1.82, 2.24) is 5.32 Å². The molecule has 1 saturated carbocycles. The molecule has 0 radical (unpaired) electrons. The number of benzene rings is 1. The lowest BCUT2D eigenvalue weighted by molar-refractivity contribution is 0.284. The summed E-state index contributed by atoms with van der Waals surface area (Å²) in [6, 6.07) is 5.44. The summed E-state index contributed by atoms with van der Waals surface area (Å²) in [6.07, 6.45) is 6.33. The topological polar surface area (TPSA) is 12.0 Å². The Morgan fingerprint density at radius 1 is 1.28 bits per heavy atom. The molecule has 2 rings (SSSR count). The van der Waals surface area contributed by atoms with Crippen LogP contribution in [0.4, 0.5) is 4.39 Å². The molecule has 1 aliphatic carbocycles. The third kappa shape index (κ3) is 3.69. The molecule has 0 atom stereocenters. The summed E-state index contributed by atoms with van der Waals surface area (Å²) in [4.78, 5) is 0. The van der Waals surface area contributed by atoms with Crippen LogP contribution in [-0.2, 0) is 6.54 Å². The van der Waals surface area contributed by atoms with Gasteiger partial charge in [-0.15, -0.1) is 0 Å². The van der Waals surface area contributed by atoms with Crippen molar-refractivity contribution >= 4 is 11.6 Å². The normalized spacial score (nSPS) is 24.2. The van der Waals surface area contributed by atoms with Crippen molar-refractivity contribution in [3.8, 4) is 0 Å². The van der Waals surface area contributed by atoms with Crippen molar-refractivity contribution in [2.45, 2.75) is 51.6 Å². The predicted octanol–water partition coefficient (Wildman–Crippen LogP) is 4.54. The van der Waals surface area contributed by atoms with Gasteiger partial charge in [-0.2, -0.15) is 0 Å². The van der Waals surface area contributed by atoms with Gasteiger partial charge in [-0.3, -0.25) is 0 Å². The van der Waals surface area contributed by atoms with Gasteiger partial charge in [0.1, 0.15) is 5.82 Å². The molecule has 1 nitrogen and oxygen atoms in total. The van der Waals surface area contributed by atoms with Crippen LogP contribution in [0, 0.1) is 11.7 Å². The fourth-order valence-corrected chi connectivity index (χ4v) is 2.85. The molecule has 1 N–H and O–H groups in total. The Kier molecular flexibility index (Phi) is 5.02. The molecule has 1 aliphatic rings. The molecule has 1 aromatic rings. The molecular weight excluding hydrogens is 249 g/mol. The van der Waals surface area contributed by atoms with Crippen LogP contribution in [0.2, 0.25) is 5.02 Å². The van der Waals surface area contributed by atoms with Crippen LogP contribution < -0.4 is 5.32 Å². The van der Waals surface area contributed by atoms with Gasteiger partial charge in [0.15, 0.2) is 0 Å². The highest BCUT2D eigenvalue weighted by atomic mass is 35.5. The molecule has 1 fully saturated rings. The molecule has 3 heteroatoms. The summed E-state index contributed by atoms with van der Waals surface area (Å²) in [5.74, 6) is 0.688. The minimum Gasteiger partial charge on any atom is -0.310 e. The van der Waals surface area contributed by atoms with E-state index in [-0.39, 0.29) is 5.82 Å². The van der Waals surface area contributed by atoms with E-state index in [4.69, 9.17) is 11.6 Å². The van der Waals surface area contributed by atoms with Gasteiger partial charge >= 0.3 is 0 Å². The van der Waals surface area contributed by atoms with E-state index < -0.39 is 0 Å². The van der Waals surface area contributed by atoms with Crippen molar-refractivity contribution in [2.75, 3.05) is 0 Å².